The Labute approximate surface area is 819 Å². The number of amides is 11. The number of carbonyl (C=O) groups excluding carboxylic acids is 11. The highest BCUT2D eigenvalue weighted by atomic mass is 16.7. The molecule has 2 aromatic carbocycles. The number of carbonyl (C=O) groups is 12. The van der Waals surface area contributed by atoms with Gasteiger partial charge in [0.25, 0.3) is 11.8 Å². The Bertz CT molecular complexity index is 4080. The molecule has 792 valence electrons. The van der Waals surface area contributed by atoms with Crippen molar-refractivity contribution in [3.63, 3.8) is 0 Å². The summed E-state index contributed by atoms with van der Waals surface area (Å²) < 4.78 is 101. The van der Waals surface area contributed by atoms with E-state index in [0.717, 1.165) is 22.0 Å². The van der Waals surface area contributed by atoms with Gasteiger partial charge in [0.15, 0.2) is 6.10 Å². The van der Waals surface area contributed by atoms with Crippen LogP contribution in [0.25, 0.3) is 0 Å². The number of methoxy groups -OCH3 is 3. The summed E-state index contributed by atoms with van der Waals surface area (Å²) in [4.78, 5) is 169. The van der Waals surface area contributed by atoms with Crippen molar-refractivity contribution in [3.8, 4) is 5.75 Å². The standard InChI is InChI=1S/C95H152N10O35/c1-14-64(6)82(72(124-12)56-79(112)104-30-18-21-70(104)87(125-13)65(7)89(117)98-66(8)83(113)68-19-16-15-17-20-68)101(9)91(119)80(62(2)3)100-90(118)81(63(4)5)102(10)94(122)137-57-67-22-23-71(139-93-86(116)84(114)85(115)88(140-93)92(120)121)69(55-67)99-74(107)26-29-96-75(108)58-138-95(59-97-73(106)27-31-105-77(110)24-25-78(105)111)60-103(61-95)76(109)28-32-126-35-36-128-39-40-130-43-44-132-47-48-134-51-52-136-54-53-135-50-49-133-46-45-131-42-41-129-38-37-127-34-33-123-11/h15-17,19-20,22-25,55,62-66,70,72,80-88,93,113-116H,14,18,21,26-54,56-61H2,1-13H3,(H,96,108)(H,97,106)(H,98,117)(H,99,107)(H,100,118)(H,120,121)/t64-,65+,66+,70-,72+,80-,81-,82-,83+,84-,85-,86+,87+,88-,93+/m0/s1. The van der Waals surface area contributed by atoms with Gasteiger partial charge in [0, 0.05) is 80.1 Å². The first-order valence-electron chi connectivity index (χ1n) is 47.8. The number of aliphatic hydroxyl groups excluding tert-OH is 4. The molecule has 15 atom stereocenters. The van der Waals surface area contributed by atoms with E-state index in [-0.39, 0.29) is 119 Å². The van der Waals surface area contributed by atoms with Crippen LogP contribution >= 0.6 is 0 Å². The van der Waals surface area contributed by atoms with Crippen molar-refractivity contribution >= 4 is 76.8 Å². The van der Waals surface area contributed by atoms with Crippen molar-refractivity contribution in [2.45, 2.75) is 192 Å². The zero-order chi connectivity index (χ0) is 103. The van der Waals surface area contributed by atoms with Crippen LogP contribution in [0.5, 0.6) is 5.75 Å². The summed E-state index contributed by atoms with van der Waals surface area (Å²) in [5, 5.41) is 66.6. The number of benzene rings is 2. The van der Waals surface area contributed by atoms with Crippen LogP contribution in [0.15, 0.2) is 60.7 Å². The zero-order valence-corrected chi connectivity index (χ0v) is 83.2. The number of aliphatic hydroxyl groups is 4. The lowest BCUT2D eigenvalue weighted by molar-refractivity contribution is -0.271. The summed E-state index contributed by atoms with van der Waals surface area (Å²) >= 11 is 0. The summed E-state index contributed by atoms with van der Waals surface area (Å²) in [5.74, 6) is -9.57. The smallest absolute Gasteiger partial charge is 0.410 e. The maximum Gasteiger partial charge on any atom is 0.410 e. The molecule has 140 heavy (non-hydrogen) atoms. The summed E-state index contributed by atoms with van der Waals surface area (Å²) in [6, 6.07) is 8.55. The van der Waals surface area contributed by atoms with E-state index >= 15 is 4.79 Å². The van der Waals surface area contributed by atoms with E-state index in [0.29, 0.717) is 157 Å². The van der Waals surface area contributed by atoms with Crippen LogP contribution in [0.3, 0.4) is 0 Å². The molecule has 0 spiro atoms. The average molecular weight is 1990 g/mol. The maximum atomic E-state index is 15.0. The summed E-state index contributed by atoms with van der Waals surface area (Å²) in [6.45, 7) is 21.4. The number of hydrogen-bond donors (Lipinski definition) is 10. The van der Waals surface area contributed by atoms with Gasteiger partial charge in [-0.3, -0.25) is 57.7 Å². The van der Waals surface area contributed by atoms with Gasteiger partial charge in [0.1, 0.15) is 55.0 Å². The third-order valence-electron chi connectivity index (χ3n) is 24.0. The topological polar surface area (TPSA) is 548 Å². The number of carboxylic acids is 1. The molecule has 2 aromatic rings. The van der Waals surface area contributed by atoms with Crippen LogP contribution in [-0.2, 0) is 140 Å². The van der Waals surface area contributed by atoms with Crippen LogP contribution in [0, 0.1) is 23.7 Å². The number of imide groups is 1. The molecule has 3 fully saturated rings. The van der Waals surface area contributed by atoms with E-state index in [4.69, 9.17) is 85.3 Å². The molecule has 45 heteroatoms. The van der Waals surface area contributed by atoms with E-state index in [2.05, 4.69) is 26.6 Å². The third kappa shape index (κ3) is 40.6. The first-order chi connectivity index (χ1) is 67.1. The average Bonchev–Trinajstić information content (AvgIpc) is 0.788. The number of likely N-dealkylation sites (N-methyl/N-ethyl adjacent to an activating group) is 2. The minimum Gasteiger partial charge on any atom is -0.479 e. The van der Waals surface area contributed by atoms with Crippen molar-refractivity contribution in [2.24, 2.45) is 23.7 Å². The van der Waals surface area contributed by atoms with E-state index in [1.54, 1.807) is 84.9 Å². The van der Waals surface area contributed by atoms with E-state index in [1.807, 2.05) is 19.9 Å². The predicted octanol–water partition coefficient (Wildman–Crippen LogP) is 0.543. The molecule has 45 nitrogen and oxygen atoms in total. The highest BCUT2D eigenvalue weighted by molar-refractivity contribution is 6.13. The van der Waals surface area contributed by atoms with Crippen LogP contribution in [0.1, 0.15) is 118 Å². The molecule has 4 heterocycles. The fourth-order valence-electron chi connectivity index (χ4n) is 15.9. The third-order valence-corrected chi connectivity index (χ3v) is 24.0. The summed E-state index contributed by atoms with van der Waals surface area (Å²) in [5.41, 5.74) is -0.702. The molecule has 4 aliphatic heterocycles. The molecule has 11 amide bonds. The molecule has 4 aliphatic rings. The number of nitrogens with one attached hydrogen (secondary N) is 5. The monoisotopic (exact) mass is 1990 g/mol. The Kier molecular flexibility index (Phi) is 55.6. The number of ether oxygens (including phenoxy) is 18. The molecule has 0 radical (unpaired) electrons. The van der Waals surface area contributed by atoms with Crippen molar-refractivity contribution in [3.05, 3.63) is 71.8 Å². The summed E-state index contributed by atoms with van der Waals surface area (Å²) in [6.07, 6.45) is -10.9. The van der Waals surface area contributed by atoms with Crippen LogP contribution in [0.4, 0.5) is 10.5 Å². The normalized spacial score (nSPS) is 19.3. The van der Waals surface area contributed by atoms with Crippen molar-refractivity contribution in [1.29, 1.82) is 0 Å². The van der Waals surface area contributed by atoms with Crippen LogP contribution in [-0.4, -0.2) is 433 Å². The molecule has 0 saturated carbocycles. The molecule has 0 bridgehead atoms. The van der Waals surface area contributed by atoms with E-state index in [1.165, 1.54) is 49.3 Å². The molecule has 0 unspecified atom stereocenters. The second-order valence-electron chi connectivity index (χ2n) is 35.0. The number of rotatable bonds is 73. The zero-order valence-electron chi connectivity index (χ0n) is 83.2. The lowest BCUT2D eigenvalue weighted by Gasteiger charge is -2.49. The first kappa shape index (κ1) is 120. The van der Waals surface area contributed by atoms with Gasteiger partial charge in [-0.05, 0) is 60.8 Å². The Morgan fingerprint density at radius 3 is 1.62 bits per heavy atom. The van der Waals surface area contributed by atoms with E-state index < -0.39 is 176 Å². The van der Waals surface area contributed by atoms with Crippen molar-refractivity contribution < 1.29 is 168 Å². The lowest BCUT2D eigenvalue weighted by Crippen LogP contribution is -2.69. The Morgan fingerprint density at radius 2 is 1.12 bits per heavy atom. The maximum absolute atomic E-state index is 15.0. The van der Waals surface area contributed by atoms with Crippen LogP contribution < -0.4 is 31.3 Å². The molecular weight excluding hydrogens is 1840 g/mol. The predicted molar refractivity (Wildman–Crippen MR) is 500 cm³/mol. The van der Waals surface area contributed by atoms with Gasteiger partial charge < -0.3 is 152 Å². The minimum absolute atomic E-state index is 0.0360. The fourth-order valence-corrected chi connectivity index (χ4v) is 15.9. The van der Waals surface area contributed by atoms with Crippen LogP contribution in [0.2, 0.25) is 0 Å². The Balaban J connectivity index is 0.957. The fraction of sp³-hybridized carbons (Fsp3) is 0.726. The molecule has 10 N–H and O–H groups in total. The molecule has 3 saturated heterocycles. The van der Waals surface area contributed by atoms with Gasteiger partial charge in [0.05, 0.1) is 232 Å². The second kappa shape index (κ2) is 65.2. The Hall–Kier alpha value is -9.18. The quantitative estimate of drug-likeness (QED) is 0.0319. The van der Waals surface area contributed by atoms with Gasteiger partial charge in [-0.1, -0.05) is 91.3 Å². The molecule has 0 aliphatic carbocycles. The van der Waals surface area contributed by atoms with Gasteiger partial charge in [-0.15, -0.1) is 0 Å². The lowest BCUT2D eigenvalue weighted by atomic mass is 9.89. The first-order valence-corrected chi connectivity index (χ1v) is 47.8. The van der Waals surface area contributed by atoms with Gasteiger partial charge in [-0.2, -0.15) is 0 Å². The van der Waals surface area contributed by atoms with Crippen molar-refractivity contribution in [2.75, 3.05) is 239 Å². The molecule has 6 rings (SSSR count). The highest BCUT2D eigenvalue weighted by Crippen LogP contribution is 2.35. The van der Waals surface area contributed by atoms with Gasteiger partial charge in [0.2, 0.25) is 53.5 Å². The Morgan fingerprint density at radius 1 is 0.586 bits per heavy atom. The largest absolute Gasteiger partial charge is 0.479 e. The minimum atomic E-state index is -2.09. The number of carboxylic acid groups (broad SMARTS) is 1. The molecule has 0 aromatic heterocycles. The summed E-state index contributed by atoms with van der Waals surface area (Å²) in [7, 11) is 7.48. The molecular formula is C95H152N10O35. The van der Waals surface area contributed by atoms with Gasteiger partial charge >= 0.3 is 12.1 Å². The number of likely N-dealkylation sites (tertiary alicyclic amines) is 2. The second-order valence-corrected chi connectivity index (χ2v) is 35.0. The van der Waals surface area contributed by atoms with Crippen molar-refractivity contribution in [1.82, 2.24) is 45.8 Å². The number of hydrogen-bond acceptors (Lipinski definition) is 34. The SMILES string of the molecule is CC[C@H](C)[C@@H]([C@@H](CC(=O)N1CCC[C@H]1[C@H](OC)[C@@H](C)C(=O)N[C@H](C)[C@@H](O)c1ccccc1)OC)N(C)C(=O)[C@@H](NC(=O)[C@H](C(C)C)N(C)C(=O)OCc1ccc(O[C@@H]2O[C@H](C(=O)O)[C@@H](O)[C@H](O)[C@H]2O)c(NC(=O)CCNC(=O)COC2(CNC(=O)CCN3C(=O)C=CC3=O)CN(C(=O)CCOCCOCCOCCOCCOCCOCCOCCOCCOCCOCCOCCOC)C2)c1)C(C)C. The number of nitrogens with zero attached hydrogens (tertiary/aromatic N) is 5. The number of aliphatic carboxylic acids is 1. The van der Waals surface area contributed by atoms with E-state index in [9.17, 15) is 78.3 Å². The highest BCUT2D eigenvalue weighted by Gasteiger charge is 2.51. The number of anilines is 1. The van der Waals surface area contributed by atoms with Gasteiger partial charge in [-0.25, -0.2) is 9.59 Å².